The largest absolute Gasteiger partial charge is 0.360 e. The molecule has 1 heterocycles. The average Bonchev–Trinajstić information content (AvgIpc) is 2.74. The van der Waals surface area contributed by atoms with Crippen LogP contribution >= 0.6 is 11.5 Å². The van der Waals surface area contributed by atoms with Crippen LogP contribution in [0.5, 0.6) is 0 Å². The number of hydrogen-bond donors (Lipinski definition) is 1. The molecule has 1 N–H and O–H groups in total. The van der Waals surface area contributed by atoms with Crippen LogP contribution < -0.4 is 5.32 Å². The summed E-state index contributed by atoms with van der Waals surface area (Å²) in [5, 5.41) is 4.46. The van der Waals surface area contributed by atoms with Gasteiger partial charge in [-0.2, -0.15) is 4.37 Å². The molecule has 1 fully saturated rings. The Hall–Kier alpha value is -0.640. The van der Waals surface area contributed by atoms with Crippen LogP contribution in [0, 0.1) is 11.8 Å². The predicted octanol–water partition coefficient (Wildman–Crippen LogP) is 4.07. The number of rotatable bonds is 3. The molecule has 102 valence electrons. The zero-order valence-corrected chi connectivity index (χ0v) is 12.8. The predicted molar refractivity (Wildman–Crippen MR) is 78.2 cm³/mol. The van der Waals surface area contributed by atoms with Crippen LogP contribution in [0.2, 0.25) is 0 Å². The fraction of sp³-hybridized carbons (Fsp3) is 0.857. The highest BCUT2D eigenvalue weighted by molar-refractivity contribution is 7.09. The Labute approximate surface area is 115 Å². The first kappa shape index (κ1) is 13.8. The average molecular weight is 267 g/mol. The second kappa shape index (κ2) is 5.55. The highest BCUT2D eigenvalue weighted by atomic mass is 32.1. The fourth-order valence-electron chi connectivity index (χ4n) is 2.58. The minimum atomic E-state index is 0.0514. The maximum atomic E-state index is 4.58. The number of hydrogen-bond acceptors (Lipinski definition) is 4. The van der Waals surface area contributed by atoms with E-state index in [-0.39, 0.29) is 5.41 Å². The number of nitrogens with one attached hydrogen (secondary N) is 1. The third kappa shape index (κ3) is 3.67. The maximum Gasteiger partial charge on any atom is 0.202 e. The summed E-state index contributed by atoms with van der Waals surface area (Å²) in [6.45, 7) is 9.89. The molecule has 1 saturated carbocycles. The van der Waals surface area contributed by atoms with E-state index < -0.39 is 0 Å². The first-order valence-corrected chi connectivity index (χ1v) is 7.80. The molecule has 2 rings (SSSR count). The summed E-state index contributed by atoms with van der Waals surface area (Å²) in [7, 11) is 0. The number of anilines is 1. The van der Waals surface area contributed by atoms with E-state index in [0.717, 1.165) is 29.3 Å². The normalized spacial score (nSPS) is 25.1. The molecule has 18 heavy (non-hydrogen) atoms. The molecular formula is C14H25N3S. The van der Waals surface area contributed by atoms with Crippen molar-refractivity contribution in [2.24, 2.45) is 11.8 Å². The van der Waals surface area contributed by atoms with Gasteiger partial charge in [0.15, 0.2) is 0 Å². The second-order valence-electron chi connectivity index (χ2n) is 6.69. The lowest BCUT2D eigenvalue weighted by atomic mass is 9.82. The highest BCUT2D eigenvalue weighted by Crippen LogP contribution is 2.29. The smallest absolute Gasteiger partial charge is 0.202 e. The van der Waals surface area contributed by atoms with Crippen LogP contribution in [0.25, 0.3) is 0 Å². The Bertz CT molecular complexity index is 381. The van der Waals surface area contributed by atoms with Crippen LogP contribution in [0.1, 0.15) is 59.2 Å². The van der Waals surface area contributed by atoms with Gasteiger partial charge in [0, 0.05) is 23.5 Å². The number of nitrogens with zero attached hydrogens (tertiary/aromatic N) is 2. The van der Waals surface area contributed by atoms with E-state index in [1.807, 2.05) is 0 Å². The third-order valence-corrected chi connectivity index (χ3v) is 4.36. The van der Waals surface area contributed by atoms with Crippen LogP contribution in [-0.2, 0) is 5.41 Å². The van der Waals surface area contributed by atoms with Crippen molar-refractivity contribution in [2.45, 2.75) is 58.8 Å². The van der Waals surface area contributed by atoms with Gasteiger partial charge >= 0.3 is 0 Å². The summed E-state index contributed by atoms with van der Waals surface area (Å²) < 4.78 is 4.43. The molecule has 3 nitrogen and oxygen atoms in total. The van der Waals surface area contributed by atoms with E-state index in [2.05, 4.69) is 42.4 Å². The summed E-state index contributed by atoms with van der Waals surface area (Å²) in [4.78, 5) is 4.58. The lowest BCUT2D eigenvalue weighted by Crippen LogP contribution is -2.21. The summed E-state index contributed by atoms with van der Waals surface area (Å²) in [5.74, 6) is 2.66. The van der Waals surface area contributed by atoms with E-state index in [1.165, 1.54) is 37.2 Å². The Morgan fingerprint density at radius 2 is 2.11 bits per heavy atom. The molecule has 1 aromatic rings. The van der Waals surface area contributed by atoms with Gasteiger partial charge in [-0.1, -0.05) is 40.5 Å². The van der Waals surface area contributed by atoms with Gasteiger partial charge in [0.1, 0.15) is 5.82 Å². The van der Waals surface area contributed by atoms with Gasteiger partial charge in [0.2, 0.25) is 5.13 Å². The van der Waals surface area contributed by atoms with Gasteiger partial charge in [-0.15, -0.1) is 0 Å². The van der Waals surface area contributed by atoms with Gasteiger partial charge in [-0.25, -0.2) is 4.98 Å². The molecule has 0 aliphatic heterocycles. The van der Waals surface area contributed by atoms with Gasteiger partial charge < -0.3 is 5.32 Å². The zero-order chi connectivity index (χ0) is 13.2. The first-order valence-electron chi connectivity index (χ1n) is 7.03. The Morgan fingerprint density at radius 3 is 2.72 bits per heavy atom. The Kier molecular flexibility index (Phi) is 4.25. The van der Waals surface area contributed by atoms with E-state index >= 15 is 0 Å². The standard InChI is InChI=1S/C14H25N3S/c1-10-6-5-7-11(8-10)9-15-13-16-12(17-18-13)14(2,3)4/h10-11H,5-9H2,1-4H3,(H,15,16,17). The van der Waals surface area contributed by atoms with E-state index in [0.29, 0.717) is 0 Å². The van der Waals surface area contributed by atoms with Crippen molar-refractivity contribution < 1.29 is 0 Å². The summed E-state index contributed by atoms with van der Waals surface area (Å²) in [6.07, 6.45) is 5.51. The lowest BCUT2D eigenvalue weighted by molar-refractivity contribution is 0.293. The molecule has 1 aliphatic rings. The van der Waals surface area contributed by atoms with Crippen LogP contribution in [0.3, 0.4) is 0 Å². The molecule has 1 aromatic heterocycles. The summed E-state index contributed by atoms with van der Waals surface area (Å²) in [5.41, 5.74) is 0.0514. The highest BCUT2D eigenvalue weighted by Gasteiger charge is 2.21. The summed E-state index contributed by atoms with van der Waals surface area (Å²) >= 11 is 1.49. The number of aromatic nitrogens is 2. The van der Waals surface area contributed by atoms with Gasteiger partial charge in [0.25, 0.3) is 0 Å². The fourth-order valence-corrected chi connectivity index (χ4v) is 3.34. The molecule has 2 atom stereocenters. The lowest BCUT2D eigenvalue weighted by Gasteiger charge is -2.26. The molecule has 0 spiro atoms. The van der Waals surface area contributed by atoms with Crippen molar-refractivity contribution in [3.8, 4) is 0 Å². The van der Waals surface area contributed by atoms with Crippen LogP contribution in [-0.4, -0.2) is 15.9 Å². The van der Waals surface area contributed by atoms with Crippen LogP contribution in [0.15, 0.2) is 0 Å². The Balaban J connectivity index is 1.85. The Morgan fingerprint density at radius 1 is 1.33 bits per heavy atom. The third-order valence-electron chi connectivity index (χ3n) is 3.68. The zero-order valence-electron chi connectivity index (χ0n) is 12.0. The SMILES string of the molecule is CC1CCCC(CNc2nc(C(C)(C)C)ns2)C1. The quantitative estimate of drug-likeness (QED) is 0.897. The van der Waals surface area contributed by atoms with Crippen molar-refractivity contribution in [3.63, 3.8) is 0 Å². The molecule has 0 radical (unpaired) electrons. The van der Waals surface area contributed by atoms with Gasteiger partial charge in [0.05, 0.1) is 0 Å². The van der Waals surface area contributed by atoms with E-state index in [4.69, 9.17) is 0 Å². The molecular weight excluding hydrogens is 242 g/mol. The molecule has 0 amide bonds. The second-order valence-corrected chi connectivity index (χ2v) is 7.44. The monoisotopic (exact) mass is 267 g/mol. The maximum absolute atomic E-state index is 4.58. The van der Waals surface area contributed by atoms with E-state index in [1.54, 1.807) is 0 Å². The minimum absolute atomic E-state index is 0.0514. The van der Waals surface area contributed by atoms with Crippen molar-refractivity contribution in [3.05, 3.63) is 5.82 Å². The van der Waals surface area contributed by atoms with Gasteiger partial charge in [-0.05, 0) is 24.7 Å². The molecule has 2 unspecified atom stereocenters. The van der Waals surface area contributed by atoms with Crippen LogP contribution in [0.4, 0.5) is 5.13 Å². The first-order chi connectivity index (χ1) is 8.45. The van der Waals surface area contributed by atoms with Gasteiger partial charge in [-0.3, -0.25) is 0 Å². The minimum Gasteiger partial charge on any atom is -0.360 e. The topological polar surface area (TPSA) is 37.8 Å². The molecule has 0 bridgehead atoms. The molecule has 0 aromatic carbocycles. The van der Waals surface area contributed by atoms with Crippen molar-refractivity contribution in [1.29, 1.82) is 0 Å². The van der Waals surface area contributed by atoms with E-state index in [9.17, 15) is 0 Å². The van der Waals surface area contributed by atoms with Crippen molar-refractivity contribution in [1.82, 2.24) is 9.36 Å². The molecule has 1 aliphatic carbocycles. The van der Waals surface area contributed by atoms with Crippen molar-refractivity contribution >= 4 is 16.7 Å². The molecule has 0 saturated heterocycles. The van der Waals surface area contributed by atoms with Crippen molar-refractivity contribution in [2.75, 3.05) is 11.9 Å². The summed E-state index contributed by atoms with van der Waals surface area (Å²) in [6, 6.07) is 0. The molecule has 4 heteroatoms.